The van der Waals surface area contributed by atoms with Gasteiger partial charge in [0.15, 0.2) is 6.10 Å². The molecule has 0 heterocycles. The fourth-order valence-corrected chi connectivity index (χ4v) is 2.81. The highest BCUT2D eigenvalue weighted by atomic mass is 35.5. The van der Waals surface area contributed by atoms with E-state index in [1.165, 1.54) is 13.0 Å². The molecule has 2 aromatic rings. The fourth-order valence-electron chi connectivity index (χ4n) is 2.54. The summed E-state index contributed by atoms with van der Waals surface area (Å²) >= 11 is 6.13. The van der Waals surface area contributed by atoms with E-state index in [4.69, 9.17) is 27.3 Å². The lowest BCUT2D eigenvalue weighted by molar-refractivity contribution is -0.153. The second-order valence-electron chi connectivity index (χ2n) is 6.10. The molecule has 8 nitrogen and oxygen atoms in total. The van der Waals surface area contributed by atoms with E-state index in [1.54, 1.807) is 42.5 Å². The zero-order chi connectivity index (χ0) is 21.4. The molecule has 0 radical (unpaired) electrons. The van der Waals surface area contributed by atoms with E-state index >= 15 is 0 Å². The van der Waals surface area contributed by atoms with Crippen LogP contribution in [0.5, 0.6) is 0 Å². The Balaban J connectivity index is 2.01. The maximum atomic E-state index is 12.3. The first-order valence-corrected chi connectivity index (χ1v) is 8.99. The Morgan fingerprint density at radius 3 is 2.59 bits per heavy atom. The molecule has 3 amide bonds. The molecule has 0 aliphatic carbocycles. The lowest BCUT2D eigenvalue weighted by Gasteiger charge is -2.20. The lowest BCUT2D eigenvalue weighted by atomic mass is 10.0. The number of hydrogen-bond acceptors (Lipinski definition) is 5. The summed E-state index contributed by atoms with van der Waals surface area (Å²) in [4.78, 5) is 35.9. The van der Waals surface area contributed by atoms with Gasteiger partial charge in [-0.05, 0) is 36.8 Å². The van der Waals surface area contributed by atoms with Gasteiger partial charge >= 0.3 is 12.0 Å². The van der Waals surface area contributed by atoms with Crippen molar-refractivity contribution < 1.29 is 19.1 Å². The predicted octanol–water partition coefficient (Wildman–Crippen LogP) is 2.88. The first-order valence-electron chi connectivity index (χ1n) is 8.61. The molecule has 2 aromatic carbocycles. The van der Waals surface area contributed by atoms with Crippen LogP contribution in [-0.2, 0) is 14.3 Å². The monoisotopic (exact) mass is 414 g/mol. The molecule has 0 spiro atoms. The van der Waals surface area contributed by atoms with E-state index in [0.29, 0.717) is 21.8 Å². The summed E-state index contributed by atoms with van der Waals surface area (Å²) in [7, 11) is 0. The van der Waals surface area contributed by atoms with E-state index in [2.05, 4.69) is 10.6 Å². The number of primary amides is 1. The van der Waals surface area contributed by atoms with E-state index in [-0.39, 0.29) is 6.42 Å². The minimum Gasteiger partial charge on any atom is -0.452 e. The van der Waals surface area contributed by atoms with Gasteiger partial charge in [0.2, 0.25) is 0 Å². The van der Waals surface area contributed by atoms with Gasteiger partial charge in [0.1, 0.15) is 0 Å². The van der Waals surface area contributed by atoms with Gasteiger partial charge in [0.05, 0.1) is 24.1 Å². The quantitative estimate of drug-likeness (QED) is 0.599. The molecular formula is C20H19ClN4O4. The Kier molecular flexibility index (Phi) is 7.57. The Labute approximate surface area is 172 Å². The summed E-state index contributed by atoms with van der Waals surface area (Å²) in [5.74, 6) is -1.29. The zero-order valence-corrected chi connectivity index (χ0v) is 16.3. The molecule has 0 bridgehead atoms. The van der Waals surface area contributed by atoms with Crippen molar-refractivity contribution in [2.24, 2.45) is 5.73 Å². The lowest BCUT2D eigenvalue weighted by Crippen LogP contribution is -2.36. The van der Waals surface area contributed by atoms with Crippen LogP contribution in [0.15, 0.2) is 48.5 Å². The van der Waals surface area contributed by atoms with Crippen molar-refractivity contribution in [2.45, 2.75) is 25.5 Å². The highest BCUT2D eigenvalue weighted by molar-refractivity contribution is 6.31. The van der Waals surface area contributed by atoms with Crippen LogP contribution in [0.2, 0.25) is 5.02 Å². The van der Waals surface area contributed by atoms with Crippen LogP contribution in [0, 0.1) is 11.3 Å². The minimum absolute atomic E-state index is 0.270. The number of nitrogens with one attached hydrogen (secondary N) is 2. The second-order valence-corrected chi connectivity index (χ2v) is 6.51. The molecule has 0 fully saturated rings. The highest BCUT2D eigenvalue weighted by Crippen LogP contribution is 2.25. The Morgan fingerprint density at radius 2 is 1.93 bits per heavy atom. The van der Waals surface area contributed by atoms with E-state index < -0.39 is 30.1 Å². The second kappa shape index (κ2) is 10.1. The summed E-state index contributed by atoms with van der Waals surface area (Å²) in [6.07, 6.45) is -1.37. The molecular weight excluding hydrogens is 396 g/mol. The Hall–Kier alpha value is -3.57. The standard InChI is InChI=1S/C20H19ClN4O4/c1-12(19(27)24-14-6-4-5-13(9-14)11-22)29-18(26)10-17(25-20(23)28)15-7-2-3-8-16(15)21/h2-9,12,17H,10H2,1H3,(H,24,27)(H3,23,25,28)/t12-,17+/m0/s1. The number of halogens is 1. The number of esters is 1. The van der Waals surface area contributed by atoms with E-state index in [1.807, 2.05) is 6.07 Å². The minimum atomic E-state index is -1.10. The smallest absolute Gasteiger partial charge is 0.312 e. The maximum Gasteiger partial charge on any atom is 0.312 e. The molecule has 0 saturated heterocycles. The summed E-state index contributed by atoms with van der Waals surface area (Å²) in [5.41, 5.74) is 6.46. The van der Waals surface area contributed by atoms with Gasteiger partial charge in [0, 0.05) is 10.7 Å². The number of nitrogens with zero attached hydrogens (tertiary/aromatic N) is 1. The summed E-state index contributed by atoms with van der Waals surface area (Å²) < 4.78 is 5.16. The highest BCUT2D eigenvalue weighted by Gasteiger charge is 2.24. The third kappa shape index (κ3) is 6.52. The van der Waals surface area contributed by atoms with Crippen molar-refractivity contribution >= 4 is 35.2 Å². The summed E-state index contributed by atoms with van der Waals surface area (Å²) in [6.45, 7) is 1.41. The van der Waals surface area contributed by atoms with Crippen LogP contribution >= 0.6 is 11.6 Å². The number of ether oxygens (including phenoxy) is 1. The van der Waals surface area contributed by atoms with Crippen LogP contribution in [-0.4, -0.2) is 24.0 Å². The van der Waals surface area contributed by atoms with Gasteiger partial charge in [-0.1, -0.05) is 35.9 Å². The third-order valence-corrected chi connectivity index (χ3v) is 4.25. The number of nitrogens with two attached hydrogens (primary N) is 1. The number of benzene rings is 2. The number of carbonyl (C=O) groups excluding carboxylic acids is 3. The largest absolute Gasteiger partial charge is 0.452 e. The van der Waals surface area contributed by atoms with Gasteiger partial charge < -0.3 is 21.1 Å². The first kappa shape index (κ1) is 21.7. The van der Waals surface area contributed by atoms with Crippen LogP contribution in [0.25, 0.3) is 0 Å². The molecule has 150 valence electrons. The fraction of sp³-hybridized carbons (Fsp3) is 0.200. The maximum absolute atomic E-state index is 12.3. The van der Waals surface area contributed by atoms with Gasteiger partial charge in [-0.2, -0.15) is 5.26 Å². The molecule has 0 aliphatic rings. The number of urea groups is 1. The Bertz CT molecular complexity index is 957. The molecule has 2 rings (SSSR count). The SMILES string of the molecule is C[C@H](OC(=O)C[C@@H](NC(N)=O)c1ccccc1Cl)C(=O)Nc1cccc(C#N)c1. The van der Waals surface area contributed by atoms with Crippen LogP contribution in [0.1, 0.15) is 30.5 Å². The molecule has 0 aliphatic heterocycles. The van der Waals surface area contributed by atoms with Crippen LogP contribution in [0.3, 0.4) is 0 Å². The van der Waals surface area contributed by atoms with E-state index in [0.717, 1.165) is 0 Å². The molecule has 4 N–H and O–H groups in total. The number of nitriles is 1. The number of hydrogen-bond donors (Lipinski definition) is 3. The summed E-state index contributed by atoms with van der Waals surface area (Å²) in [6, 6.07) is 13.3. The number of anilines is 1. The normalized spacial score (nSPS) is 12.2. The average molecular weight is 415 g/mol. The molecule has 0 aromatic heterocycles. The van der Waals surface area contributed by atoms with Gasteiger partial charge in [-0.15, -0.1) is 0 Å². The van der Waals surface area contributed by atoms with Crippen molar-refractivity contribution in [1.29, 1.82) is 5.26 Å². The molecule has 2 atom stereocenters. The first-order chi connectivity index (χ1) is 13.8. The van der Waals surface area contributed by atoms with Gasteiger partial charge in [0.25, 0.3) is 5.91 Å². The van der Waals surface area contributed by atoms with E-state index in [9.17, 15) is 14.4 Å². The number of amides is 3. The number of rotatable bonds is 7. The van der Waals surface area contributed by atoms with Crippen LogP contribution < -0.4 is 16.4 Å². The molecule has 0 saturated carbocycles. The Morgan fingerprint density at radius 1 is 1.21 bits per heavy atom. The van der Waals surface area contributed by atoms with Crippen molar-refractivity contribution in [2.75, 3.05) is 5.32 Å². The van der Waals surface area contributed by atoms with Crippen molar-refractivity contribution in [3.8, 4) is 6.07 Å². The zero-order valence-electron chi connectivity index (χ0n) is 15.5. The molecule has 29 heavy (non-hydrogen) atoms. The number of carbonyl (C=O) groups is 3. The van der Waals surface area contributed by atoms with Crippen molar-refractivity contribution in [3.63, 3.8) is 0 Å². The predicted molar refractivity (Wildman–Crippen MR) is 107 cm³/mol. The molecule has 9 heteroatoms. The molecule has 0 unspecified atom stereocenters. The van der Waals surface area contributed by atoms with Crippen molar-refractivity contribution in [1.82, 2.24) is 5.32 Å². The third-order valence-electron chi connectivity index (χ3n) is 3.90. The van der Waals surface area contributed by atoms with Crippen LogP contribution in [0.4, 0.5) is 10.5 Å². The van der Waals surface area contributed by atoms with Gasteiger partial charge in [-0.25, -0.2) is 4.79 Å². The van der Waals surface area contributed by atoms with Gasteiger partial charge in [-0.3, -0.25) is 9.59 Å². The topological polar surface area (TPSA) is 134 Å². The summed E-state index contributed by atoms with van der Waals surface area (Å²) in [5, 5.41) is 14.3. The average Bonchev–Trinajstić information content (AvgIpc) is 2.67. The van der Waals surface area contributed by atoms with Crippen molar-refractivity contribution in [3.05, 3.63) is 64.7 Å².